The molecule has 0 unspecified atom stereocenters. The summed E-state index contributed by atoms with van der Waals surface area (Å²) in [6.07, 6.45) is 0. The highest BCUT2D eigenvalue weighted by atomic mass is 79.9. The van der Waals surface area contributed by atoms with E-state index < -0.39 is 23.1 Å². The quantitative estimate of drug-likeness (QED) is 0.514. The number of aliphatic imine (C=N–C) groups is 1. The van der Waals surface area contributed by atoms with Gasteiger partial charge in [-0.25, -0.2) is 9.79 Å². The van der Waals surface area contributed by atoms with Crippen LogP contribution in [0.3, 0.4) is 0 Å². The van der Waals surface area contributed by atoms with Crippen LogP contribution in [0.1, 0.15) is 35.1 Å². The molecule has 0 saturated heterocycles. The first kappa shape index (κ1) is 20.4. The van der Waals surface area contributed by atoms with Crippen LogP contribution in [0.4, 0.5) is 5.82 Å². The van der Waals surface area contributed by atoms with E-state index in [0.717, 1.165) is 25.7 Å². The molecule has 0 N–H and O–H groups in total. The molecule has 5 rings (SSSR count). The molecular weight excluding hydrogens is 474 g/mol. The Kier molecular flexibility index (Phi) is 4.63. The summed E-state index contributed by atoms with van der Waals surface area (Å²) in [6.45, 7) is 1.35. The van der Waals surface area contributed by atoms with E-state index in [0.29, 0.717) is 28.4 Å². The predicted octanol–water partition coefficient (Wildman–Crippen LogP) is 3.40. The van der Waals surface area contributed by atoms with Crippen molar-refractivity contribution in [2.24, 2.45) is 19.1 Å². The van der Waals surface area contributed by atoms with E-state index in [9.17, 15) is 14.4 Å². The molecule has 2 aromatic carbocycles. The Balaban J connectivity index is 1.95. The van der Waals surface area contributed by atoms with Gasteiger partial charge in [0.2, 0.25) is 0 Å². The van der Waals surface area contributed by atoms with Gasteiger partial charge >= 0.3 is 11.7 Å². The summed E-state index contributed by atoms with van der Waals surface area (Å²) >= 11 is 3.46. The molecule has 0 spiro atoms. The summed E-state index contributed by atoms with van der Waals surface area (Å²) in [5.74, 6) is -0.333. The van der Waals surface area contributed by atoms with Crippen LogP contribution in [-0.2, 0) is 23.6 Å². The Morgan fingerprint density at radius 2 is 1.66 bits per heavy atom. The molecular formula is C24H18BrN3O4. The fourth-order valence-corrected chi connectivity index (χ4v) is 4.68. The van der Waals surface area contributed by atoms with E-state index in [1.807, 2.05) is 48.5 Å². The van der Waals surface area contributed by atoms with Gasteiger partial charge in [-0.05, 0) is 17.7 Å². The first-order valence-corrected chi connectivity index (χ1v) is 10.8. The van der Waals surface area contributed by atoms with E-state index in [1.165, 1.54) is 18.5 Å². The molecule has 0 radical (unpaired) electrons. The number of rotatable bonds is 2. The first-order valence-electron chi connectivity index (χ1n) is 9.96. The monoisotopic (exact) mass is 491 g/mol. The number of fused-ring (bicyclic) bond motifs is 4. The highest BCUT2D eigenvalue weighted by molar-refractivity contribution is 9.10. The van der Waals surface area contributed by atoms with Crippen LogP contribution < -0.4 is 11.2 Å². The zero-order chi connectivity index (χ0) is 22.7. The van der Waals surface area contributed by atoms with Crippen LogP contribution in [0, 0.1) is 0 Å². The molecule has 0 bridgehead atoms. The highest BCUT2D eigenvalue weighted by Gasteiger charge is 2.42. The maximum absolute atomic E-state index is 13.4. The van der Waals surface area contributed by atoms with Gasteiger partial charge in [-0.2, -0.15) is 0 Å². The molecule has 32 heavy (non-hydrogen) atoms. The Bertz CT molecular complexity index is 1490. The summed E-state index contributed by atoms with van der Waals surface area (Å²) in [5, 5.41) is 0. The number of hydrogen-bond acceptors (Lipinski definition) is 5. The summed E-state index contributed by atoms with van der Waals surface area (Å²) < 4.78 is 9.06. The largest absolute Gasteiger partial charge is 0.426 e. The van der Waals surface area contributed by atoms with E-state index in [2.05, 4.69) is 15.9 Å². The maximum Gasteiger partial charge on any atom is 0.332 e. The molecule has 1 aliphatic heterocycles. The summed E-state index contributed by atoms with van der Waals surface area (Å²) in [6, 6.07) is 15.1. The molecule has 2 aliphatic rings. The summed E-state index contributed by atoms with van der Waals surface area (Å²) in [7, 11) is 3.05. The number of nitrogens with zero attached hydrogens (tertiary/aromatic N) is 3. The van der Waals surface area contributed by atoms with Crippen molar-refractivity contribution in [3.63, 3.8) is 0 Å². The molecule has 160 valence electrons. The first-order chi connectivity index (χ1) is 15.3. The van der Waals surface area contributed by atoms with Gasteiger partial charge in [0, 0.05) is 48.1 Å². The molecule has 0 saturated carbocycles. The van der Waals surface area contributed by atoms with Gasteiger partial charge in [0.25, 0.3) is 5.56 Å². The van der Waals surface area contributed by atoms with Gasteiger partial charge < -0.3 is 4.74 Å². The van der Waals surface area contributed by atoms with Crippen LogP contribution in [0.25, 0.3) is 5.76 Å². The third-order valence-corrected chi connectivity index (χ3v) is 6.37. The number of esters is 1. The molecule has 8 heteroatoms. The lowest BCUT2D eigenvalue weighted by Crippen LogP contribution is -2.41. The topological polar surface area (TPSA) is 82.7 Å². The average Bonchev–Trinajstić information content (AvgIpc) is 3.08. The highest BCUT2D eigenvalue weighted by Crippen LogP contribution is 2.48. The number of halogens is 1. The van der Waals surface area contributed by atoms with Crippen molar-refractivity contribution in [3.8, 4) is 0 Å². The number of ether oxygens (including phenoxy) is 1. The Hall–Kier alpha value is -3.52. The van der Waals surface area contributed by atoms with E-state index >= 15 is 0 Å². The van der Waals surface area contributed by atoms with E-state index in [-0.39, 0.29) is 0 Å². The Labute approximate surface area is 191 Å². The lowest BCUT2D eigenvalue weighted by Gasteiger charge is -2.27. The number of hydrogen-bond donors (Lipinski definition) is 0. The second-order valence-corrected chi connectivity index (χ2v) is 8.69. The van der Waals surface area contributed by atoms with E-state index in [1.54, 1.807) is 7.05 Å². The van der Waals surface area contributed by atoms with Crippen LogP contribution >= 0.6 is 15.9 Å². The molecule has 0 amide bonds. The predicted molar refractivity (Wildman–Crippen MR) is 124 cm³/mol. The SMILES string of the molecule is CC(=O)OC1=C2C(=Nc3c(c(=O)n(C)c(=O)n3C)[C@@H]2c2ccc(Br)cc2)c2ccccc21. The van der Waals surface area contributed by atoms with Crippen LogP contribution in [0.15, 0.2) is 73.2 Å². The normalized spacial score (nSPS) is 16.2. The second kappa shape index (κ2) is 7.27. The Morgan fingerprint density at radius 1 is 1.00 bits per heavy atom. The van der Waals surface area contributed by atoms with Gasteiger partial charge in [0.15, 0.2) is 0 Å². The fourth-order valence-electron chi connectivity index (χ4n) is 4.41. The molecule has 1 aromatic heterocycles. The molecule has 2 heterocycles. The molecule has 7 nitrogen and oxygen atoms in total. The third-order valence-electron chi connectivity index (χ3n) is 5.84. The summed E-state index contributed by atoms with van der Waals surface area (Å²) in [5.41, 5.74) is 3.08. The van der Waals surface area contributed by atoms with Crippen molar-refractivity contribution in [2.75, 3.05) is 0 Å². The number of aromatic nitrogens is 2. The van der Waals surface area contributed by atoms with Gasteiger partial charge in [0.05, 0.1) is 11.3 Å². The molecule has 1 atom stereocenters. The number of benzene rings is 2. The van der Waals surface area contributed by atoms with Crippen molar-refractivity contribution < 1.29 is 9.53 Å². The molecule has 1 aliphatic carbocycles. The standard InChI is InChI=1S/C24H18BrN3O4/c1-12(29)32-21-16-7-5-4-6-15(16)20-18(21)17(13-8-10-14(25)11-9-13)19-22(26-20)27(2)24(31)28(3)23(19)30/h4-11,17H,1-3H3/t17-/m1/s1. The lowest BCUT2D eigenvalue weighted by atomic mass is 9.81. The van der Waals surface area contributed by atoms with Crippen molar-refractivity contribution >= 4 is 39.2 Å². The van der Waals surface area contributed by atoms with Crippen molar-refractivity contribution in [3.05, 3.63) is 102 Å². The number of allylic oxidation sites excluding steroid dienone is 1. The van der Waals surface area contributed by atoms with Gasteiger partial charge in [0.1, 0.15) is 11.6 Å². The maximum atomic E-state index is 13.4. The Morgan fingerprint density at radius 3 is 2.31 bits per heavy atom. The van der Waals surface area contributed by atoms with E-state index in [4.69, 9.17) is 9.73 Å². The number of carbonyl (C=O) groups excluding carboxylic acids is 1. The molecule has 0 fully saturated rings. The van der Waals surface area contributed by atoms with Gasteiger partial charge in [-0.1, -0.05) is 52.3 Å². The van der Waals surface area contributed by atoms with Gasteiger partial charge in [-0.15, -0.1) is 0 Å². The minimum Gasteiger partial charge on any atom is -0.426 e. The van der Waals surface area contributed by atoms with Crippen molar-refractivity contribution in [2.45, 2.75) is 12.8 Å². The summed E-state index contributed by atoms with van der Waals surface area (Å²) in [4.78, 5) is 42.8. The van der Waals surface area contributed by atoms with Crippen LogP contribution in [-0.4, -0.2) is 20.8 Å². The van der Waals surface area contributed by atoms with Crippen LogP contribution in [0.2, 0.25) is 0 Å². The third kappa shape index (κ3) is 2.86. The number of carbonyl (C=O) groups is 1. The van der Waals surface area contributed by atoms with Crippen LogP contribution in [0.5, 0.6) is 0 Å². The zero-order valence-electron chi connectivity index (χ0n) is 17.5. The lowest BCUT2D eigenvalue weighted by molar-refractivity contribution is -0.134. The second-order valence-electron chi connectivity index (χ2n) is 7.77. The minimum absolute atomic E-state index is 0.309. The van der Waals surface area contributed by atoms with Gasteiger partial charge in [-0.3, -0.25) is 18.7 Å². The smallest absolute Gasteiger partial charge is 0.332 e. The van der Waals surface area contributed by atoms with Crippen molar-refractivity contribution in [1.29, 1.82) is 0 Å². The van der Waals surface area contributed by atoms with Crippen molar-refractivity contribution in [1.82, 2.24) is 9.13 Å². The minimum atomic E-state index is -0.571. The average molecular weight is 492 g/mol. The zero-order valence-corrected chi connectivity index (χ0v) is 19.1. The molecule has 3 aromatic rings. The fraction of sp³-hybridized carbons (Fsp3) is 0.167.